The number of para-hydroxylation sites is 1. The number of carbonyl (C=O) groups excluding carboxylic acids is 1. The quantitative estimate of drug-likeness (QED) is 0.546. The molecule has 0 unspecified atom stereocenters. The molecule has 0 aliphatic heterocycles. The first-order chi connectivity index (χ1) is 15.6. The van der Waals surface area contributed by atoms with E-state index in [0.29, 0.717) is 16.8 Å². The molecule has 0 fully saturated rings. The van der Waals surface area contributed by atoms with Crippen LogP contribution in [-0.2, 0) is 17.9 Å². The second-order valence-corrected chi connectivity index (χ2v) is 10.5. The zero-order valence-electron chi connectivity index (χ0n) is 20.7. The van der Waals surface area contributed by atoms with Crippen LogP contribution < -0.4 is 22.3 Å². The van der Waals surface area contributed by atoms with Crippen LogP contribution in [0.1, 0.15) is 63.0 Å². The summed E-state index contributed by atoms with van der Waals surface area (Å²) in [6.45, 7) is 11.7. The van der Waals surface area contributed by atoms with Crippen molar-refractivity contribution in [1.29, 1.82) is 0 Å². The Labute approximate surface area is 198 Å². The molecule has 2 aromatic carbocycles. The number of amides is 1. The molecule has 8 nitrogen and oxygen atoms in total. The highest BCUT2D eigenvalue weighted by Gasteiger charge is 2.28. The first-order valence-electron chi connectivity index (χ1n) is 11.0. The lowest BCUT2D eigenvalue weighted by Crippen LogP contribution is -2.40. The standard InChI is InChI=1S/C26H32N4O4/c1-25(2,3)17-13-15(14-18(20(17)31)26(4,5)6)22(32)28-19-21(27)30(16-11-9-8-10-12-16)24(34)29(7)23(19)33/h8-14,31H,27H2,1-7H3,(H,28,32). The van der Waals surface area contributed by atoms with Crippen LogP contribution in [0.25, 0.3) is 5.69 Å². The Morgan fingerprint density at radius 3 is 1.91 bits per heavy atom. The zero-order valence-corrected chi connectivity index (χ0v) is 20.7. The molecule has 0 radical (unpaired) electrons. The summed E-state index contributed by atoms with van der Waals surface area (Å²) >= 11 is 0. The average molecular weight is 465 g/mol. The zero-order chi connectivity index (χ0) is 25.6. The molecule has 3 aromatic rings. The molecule has 0 atom stereocenters. The van der Waals surface area contributed by atoms with Gasteiger partial charge in [-0.2, -0.15) is 0 Å². The average Bonchev–Trinajstić information content (AvgIpc) is 2.74. The number of aromatic hydroxyl groups is 1. The fourth-order valence-electron chi connectivity index (χ4n) is 3.77. The van der Waals surface area contributed by atoms with Crippen LogP contribution in [0, 0.1) is 0 Å². The minimum atomic E-state index is -0.714. The number of nitrogen functional groups attached to an aromatic ring is 1. The number of phenols is 1. The van der Waals surface area contributed by atoms with Crippen molar-refractivity contribution < 1.29 is 9.90 Å². The largest absolute Gasteiger partial charge is 0.507 e. The minimum Gasteiger partial charge on any atom is -0.507 e. The molecular formula is C26H32N4O4. The third-order valence-corrected chi connectivity index (χ3v) is 5.73. The molecule has 0 aliphatic rings. The Morgan fingerprint density at radius 2 is 1.44 bits per heavy atom. The number of nitrogens with zero attached hydrogens (tertiary/aromatic N) is 2. The van der Waals surface area contributed by atoms with Crippen molar-refractivity contribution in [1.82, 2.24) is 9.13 Å². The van der Waals surface area contributed by atoms with Crippen molar-refractivity contribution >= 4 is 17.4 Å². The molecule has 8 heteroatoms. The van der Waals surface area contributed by atoms with E-state index >= 15 is 0 Å². The van der Waals surface area contributed by atoms with Gasteiger partial charge in [-0.15, -0.1) is 0 Å². The van der Waals surface area contributed by atoms with E-state index in [1.165, 1.54) is 11.6 Å². The molecular weight excluding hydrogens is 432 g/mol. The van der Waals surface area contributed by atoms with E-state index in [1.54, 1.807) is 42.5 Å². The Hall–Kier alpha value is -3.81. The summed E-state index contributed by atoms with van der Waals surface area (Å²) in [6, 6.07) is 11.9. The molecule has 1 amide bonds. The van der Waals surface area contributed by atoms with Gasteiger partial charge in [-0.3, -0.25) is 14.2 Å². The second kappa shape index (κ2) is 8.52. The first-order valence-corrected chi connectivity index (χ1v) is 11.0. The fourth-order valence-corrected chi connectivity index (χ4v) is 3.77. The van der Waals surface area contributed by atoms with E-state index in [9.17, 15) is 19.5 Å². The number of nitrogens with two attached hydrogens (primary N) is 1. The van der Waals surface area contributed by atoms with Crippen molar-refractivity contribution in [2.45, 2.75) is 52.4 Å². The molecule has 1 heterocycles. The second-order valence-electron chi connectivity index (χ2n) is 10.5. The molecule has 0 bridgehead atoms. The van der Waals surface area contributed by atoms with Crippen LogP contribution in [-0.4, -0.2) is 20.1 Å². The lowest BCUT2D eigenvalue weighted by Gasteiger charge is -2.28. The van der Waals surface area contributed by atoms with Gasteiger partial charge in [-0.25, -0.2) is 9.36 Å². The van der Waals surface area contributed by atoms with Gasteiger partial charge in [0.1, 0.15) is 17.3 Å². The number of rotatable bonds is 3. The van der Waals surface area contributed by atoms with Gasteiger partial charge in [0.15, 0.2) is 0 Å². The maximum atomic E-state index is 13.3. The number of hydrogen-bond acceptors (Lipinski definition) is 5. The molecule has 180 valence electrons. The highest BCUT2D eigenvalue weighted by Crippen LogP contribution is 2.40. The Balaban J connectivity index is 2.19. The van der Waals surface area contributed by atoms with Crippen LogP contribution >= 0.6 is 0 Å². The predicted octanol–water partition coefficient (Wildman–Crippen LogP) is 3.67. The van der Waals surface area contributed by atoms with Gasteiger partial charge in [0, 0.05) is 23.7 Å². The third-order valence-electron chi connectivity index (χ3n) is 5.73. The van der Waals surface area contributed by atoms with E-state index in [4.69, 9.17) is 5.73 Å². The number of anilines is 2. The summed E-state index contributed by atoms with van der Waals surface area (Å²) in [5, 5.41) is 13.5. The smallest absolute Gasteiger partial charge is 0.337 e. The van der Waals surface area contributed by atoms with Crippen LogP contribution in [0.3, 0.4) is 0 Å². The maximum absolute atomic E-state index is 13.3. The molecule has 1 aromatic heterocycles. The van der Waals surface area contributed by atoms with Crippen molar-refractivity contribution in [2.24, 2.45) is 7.05 Å². The summed E-state index contributed by atoms with van der Waals surface area (Å²) in [6.07, 6.45) is 0. The molecule has 0 saturated heterocycles. The van der Waals surface area contributed by atoms with Crippen molar-refractivity contribution in [2.75, 3.05) is 11.1 Å². The van der Waals surface area contributed by atoms with Crippen molar-refractivity contribution in [3.05, 3.63) is 80.0 Å². The van der Waals surface area contributed by atoms with E-state index < -0.39 is 28.0 Å². The van der Waals surface area contributed by atoms with Gasteiger partial charge in [0.25, 0.3) is 11.5 Å². The van der Waals surface area contributed by atoms with E-state index in [1.807, 2.05) is 41.5 Å². The Bertz CT molecular complexity index is 1340. The monoisotopic (exact) mass is 464 g/mol. The minimum absolute atomic E-state index is 0.143. The summed E-state index contributed by atoms with van der Waals surface area (Å²) in [7, 11) is 1.33. The summed E-state index contributed by atoms with van der Waals surface area (Å²) in [4.78, 5) is 39.0. The fraction of sp³-hybridized carbons (Fsp3) is 0.346. The van der Waals surface area contributed by atoms with Gasteiger partial charge in [-0.1, -0.05) is 59.7 Å². The Morgan fingerprint density at radius 1 is 0.941 bits per heavy atom. The lowest BCUT2D eigenvalue weighted by molar-refractivity contribution is 0.102. The van der Waals surface area contributed by atoms with Gasteiger partial charge < -0.3 is 16.2 Å². The molecule has 0 spiro atoms. The topological polar surface area (TPSA) is 119 Å². The molecule has 34 heavy (non-hydrogen) atoms. The number of carbonyl (C=O) groups is 1. The first kappa shape index (κ1) is 24.8. The van der Waals surface area contributed by atoms with Gasteiger partial charge in [0.2, 0.25) is 0 Å². The summed E-state index contributed by atoms with van der Waals surface area (Å²) in [5.74, 6) is -0.596. The number of phenolic OH excluding ortho intramolecular Hbond substituents is 1. The van der Waals surface area contributed by atoms with Crippen LogP contribution in [0.15, 0.2) is 52.1 Å². The van der Waals surface area contributed by atoms with Crippen molar-refractivity contribution in [3.8, 4) is 11.4 Å². The number of hydrogen-bond donors (Lipinski definition) is 3. The van der Waals surface area contributed by atoms with E-state index in [2.05, 4.69) is 5.32 Å². The molecule has 0 saturated carbocycles. The van der Waals surface area contributed by atoms with Gasteiger partial charge in [-0.05, 0) is 35.1 Å². The van der Waals surface area contributed by atoms with Crippen molar-refractivity contribution in [3.63, 3.8) is 0 Å². The van der Waals surface area contributed by atoms with Gasteiger partial charge >= 0.3 is 5.69 Å². The predicted molar refractivity (Wildman–Crippen MR) is 135 cm³/mol. The number of aromatic nitrogens is 2. The molecule has 3 rings (SSSR count). The summed E-state index contributed by atoms with van der Waals surface area (Å²) in [5.41, 5.74) is 5.78. The van der Waals surface area contributed by atoms with E-state index in [-0.39, 0.29) is 22.8 Å². The lowest BCUT2D eigenvalue weighted by atomic mass is 9.78. The molecule has 4 N–H and O–H groups in total. The third kappa shape index (κ3) is 4.48. The van der Waals surface area contributed by atoms with Crippen LogP contribution in [0.2, 0.25) is 0 Å². The normalized spacial score (nSPS) is 12.0. The molecule has 0 aliphatic carbocycles. The summed E-state index contributed by atoms with van der Waals surface area (Å²) < 4.78 is 2.08. The van der Waals surface area contributed by atoms with Gasteiger partial charge in [0.05, 0.1) is 5.69 Å². The highest BCUT2D eigenvalue weighted by atomic mass is 16.3. The SMILES string of the molecule is Cn1c(=O)c(NC(=O)c2cc(C(C)(C)C)c(O)c(C(C)(C)C)c2)c(N)n(-c2ccccc2)c1=O. The van der Waals surface area contributed by atoms with Crippen LogP contribution in [0.5, 0.6) is 5.75 Å². The Kier molecular flexibility index (Phi) is 6.22. The van der Waals surface area contributed by atoms with E-state index in [0.717, 1.165) is 4.57 Å². The number of nitrogens with one attached hydrogen (secondary N) is 1. The highest BCUT2D eigenvalue weighted by molar-refractivity contribution is 6.06. The maximum Gasteiger partial charge on any atom is 0.337 e. The van der Waals surface area contributed by atoms with Crippen LogP contribution in [0.4, 0.5) is 11.5 Å². The number of benzene rings is 2.